The maximum Gasteiger partial charge on any atom is 0.228 e. The highest BCUT2D eigenvalue weighted by atomic mass is 16.5. The predicted molar refractivity (Wildman–Crippen MR) is 58.9 cm³/mol. The highest BCUT2D eigenvalue weighted by molar-refractivity contribution is 4.93. The molecular formula is C11H19N3O2. The molecule has 90 valence electrons. The molecular weight excluding hydrogens is 206 g/mol. The van der Waals surface area contributed by atoms with E-state index in [1.54, 1.807) is 0 Å². The summed E-state index contributed by atoms with van der Waals surface area (Å²) in [6, 6.07) is 0. The lowest BCUT2D eigenvalue weighted by molar-refractivity contribution is 0.185. The molecule has 1 aromatic heterocycles. The fourth-order valence-corrected chi connectivity index (χ4v) is 1.84. The van der Waals surface area contributed by atoms with Crippen LogP contribution in [0.2, 0.25) is 0 Å². The maximum absolute atomic E-state index is 5.89. The maximum atomic E-state index is 5.89. The molecule has 0 saturated carbocycles. The van der Waals surface area contributed by atoms with E-state index in [4.69, 9.17) is 15.0 Å². The van der Waals surface area contributed by atoms with E-state index in [2.05, 4.69) is 10.1 Å². The van der Waals surface area contributed by atoms with Crippen molar-refractivity contribution in [2.45, 2.75) is 38.6 Å². The third-order valence-electron chi connectivity index (χ3n) is 2.61. The van der Waals surface area contributed by atoms with Gasteiger partial charge in [0, 0.05) is 31.6 Å². The molecule has 1 fully saturated rings. The van der Waals surface area contributed by atoms with Gasteiger partial charge in [0.2, 0.25) is 5.89 Å². The largest absolute Gasteiger partial charge is 0.381 e. The Labute approximate surface area is 95.3 Å². The van der Waals surface area contributed by atoms with E-state index in [1.165, 1.54) is 0 Å². The van der Waals surface area contributed by atoms with Crippen LogP contribution in [0.25, 0.3) is 0 Å². The van der Waals surface area contributed by atoms with Gasteiger partial charge < -0.3 is 15.0 Å². The Morgan fingerprint density at radius 2 is 2.31 bits per heavy atom. The molecule has 1 saturated heterocycles. The minimum atomic E-state index is -0.305. The van der Waals surface area contributed by atoms with Gasteiger partial charge in [-0.1, -0.05) is 5.16 Å². The molecule has 0 aromatic carbocycles. The molecule has 0 bridgehead atoms. The van der Waals surface area contributed by atoms with Crippen molar-refractivity contribution < 1.29 is 9.26 Å². The molecule has 1 aliphatic rings. The zero-order valence-corrected chi connectivity index (χ0v) is 9.90. The second-order valence-corrected chi connectivity index (χ2v) is 5.20. The second kappa shape index (κ2) is 4.51. The van der Waals surface area contributed by atoms with Crippen molar-refractivity contribution in [1.29, 1.82) is 0 Å². The molecule has 0 aliphatic carbocycles. The molecule has 0 radical (unpaired) electrons. The van der Waals surface area contributed by atoms with Gasteiger partial charge in [-0.15, -0.1) is 0 Å². The number of hydrogen-bond acceptors (Lipinski definition) is 5. The van der Waals surface area contributed by atoms with Crippen LogP contribution < -0.4 is 5.73 Å². The Bertz CT molecular complexity index is 337. The number of aromatic nitrogens is 2. The summed E-state index contributed by atoms with van der Waals surface area (Å²) in [6.45, 7) is 5.56. The first-order chi connectivity index (χ1) is 7.53. The summed E-state index contributed by atoms with van der Waals surface area (Å²) in [6.07, 6.45) is 2.54. The van der Waals surface area contributed by atoms with Crippen LogP contribution >= 0.6 is 0 Å². The Morgan fingerprint density at radius 1 is 1.50 bits per heavy atom. The zero-order valence-electron chi connectivity index (χ0n) is 9.90. The summed E-state index contributed by atoms with van der Waals surface area (Å²) in [4.78, 5) is 4.35. The first kappa shape index (κ1) is 11.5. The zero-order chi connectivity index (χ0) is 11.6. The molecule has 5 nitrogen and oxygen atoms in total. The van der Waals surface area contributed by atoms with Crippen molar-refractivity contribution >= 4 is 0 Å². The number of nitrogens with zero attached hydrogens (tertiary/aromatic N) is 2. The van der Waals surface area contributed by atoms with Crippen LogP contribution in [-0.4, -0.2) is 28.9 Å². The Balaban J connectivity index is 1.91. The van der Waals surface area contributed by atoms with Crippen LogP contribution in [0, 0.1) is 5.92 Å². The van der Waals surface area contributed by atoms with Gasteiger partial charge in [0.25, 0.3) is 0 Å². The van der Waals surface area contributed by atoms with Gasteiger partial charge in [0.05, 0.1) is 0 Å². The van der Waals surface area contributed by atoms with Gasteiger partial charge in [-0.3, -0.25) is 0 Å². The first-order valence-corrected chi connectivity index (χ1v) is 5.71. The Kier molecular flexibility index (Phi) is 3.25. The van der Waals surface area contributed by atoms with Crippen molar-refractivity contribution in [2.24, 2.45) is 11.7 Å². The third kappa shape index (κ3) is 3.28. The molecule has 16 heavy (non-hydrogen) atoms. The smallest absolute Gasteiger partial charge is 0.228 e. The lowest BCUT2D eigenvalue weighted by Crippen LogP contribution is -2.34. The van der Waals surface area contributed by atoms with Gasteiger partial charge >= 0.3 is 0 Å². The van der Waals surface area contributed by atoms with E-state index in [0.29, 0.717) is 18.2 Å². The minimum Gasteiger partial charge on any atom is -0.381 e. The summed E-state index contributed by atoms with van der Waals surface area (Å²) < 4.78 is 10.5. The molecule has 2 heterocycles. The summed E-state index contributed by atoms with van der Waals surface area (Å²) in [5.41, 5.74) is 5.59. The average molecular weight is 225 g/mol. The summed E-state index contributed by atoms with van der Waals surface area (Å²) in [7, 11) is 0. The topological polar surface area (TPSA) is 74.2 Å². The lowest BCUT2D eigenvalue weighted by Gasteiger charge is -2.14. The van der Waals surface area contributed by atoms with Crippen molar-refractivity contribution in [3.8, 4) is 0 Å². The Morgan fingerprint density at radius 3 is 2.94 bits per heavy atom. The molecule has 1 unspecified atom stereocenters. The highest BCUT2D eigenvalue weighted by Gasteiger charge is 2.21. The third-order valence-corrected chi connectivity index (χ3v) is 2.61. The minimum absolute atomic E-state index is 0.305. The van der Waals surface area contributed by atoms with Crippen LogP contribution in [0.3, 0.4) is 0 Å². The molecule has 0 amide bonds. The molecule has 0 spiro atoms. The fraction of sp³-hybridized carbons (Fsp3) is 0.818. The van der Waals surface area contributed by atoms with Crippen LogP contribution in [0.4, 0.5) is 0 Å². The Hall–Kier alpha value is -0.940. The molecule has 2 N–H and O–H groups in total. The average Bonchev–Trinajstić information content (AvgIpc) is 2.75. The fourth-order valence-electron chi connectivity index (χ4n) is 1.84. The molecule has 1 atom stereocenters. The summed E-state index contributed by atoms with van der Waals surface area (Å²) in [5, 5.41) is 3.97. The van der Waals surface area contributed by atoms with Crippen molar-refractivity contribution in [2.75, 3.05) is 13.2 Å². The molecule has 1 aromatic rings. The summed E-state index contributed by atoms with van der Waals surface area (Å²) >= 11 is 0. The highest BCUT2D eigenvalue weighted by Crippen LogP contribution is 2.17. The van der Waals surface area contributed by atoms with Crippen molar-refractivity contribution in [3.05, 3.63) is 11.7 Å². The van der Waals surface area contributed by atoms with E-state index in [-0.39, 0.29) is 5.54 Å². The lowest BCUT2D eigenvalue weighted by atomic mass is 10.0. The van der Waals surface area contributed by atoms with E-state index in [1.807, 2.05) is 13.8 Å². The number of rotatable bonds is 4. The van der Waals surface area contributed by atoms with Crippen LogP contribution in [-0.2, 0) is 17.6 Å². The molecule has 2 rings (SSSR count). The van der Waals surface area contributed by atoms with E-state index < -0.39 is 0 Å². The number of hydrogen-bond donors (Lipinski definition) is 1. The van der Waals surface area contributed by atoms with Crippen LogP contribution in [0.15, 0.2) is 4.52 Å². The van der Waals surface area contributed by atoms with Crippen molar-refractivity contribution in [1.82, 2.24) is 10.1 Å². The molecule has 1 aliphatic heterocycles. The standard InChI is InChI=1S/C11H19N3O2/c1-11(2,12)6-10-13-9(14-16-10)5-8-3-4-15-7-8/h8H,3-7,12H2,1-2H3. The van der Waals surface area contributed by atoms with Gasteiger partial charge in [-0.05, 0) is 26.2 Å². The summed E-state index contributed by atoms with van der Waals surface area (Å²) in [5.74, 6) is 1.94. The van der Waals surface area contributed by atoms with Gasteiger partial charge in [-0.25, -0.2) is 0 Å². The van der Waals surface area contributed by atoms with Gasteiger partial charge in [0.1, 0.15) is 0 Å². The van der Waals surface area contributed by atoms with Crippen molar-refractivity contribution in [3.63, 3.8) is 0 Å². The van der Waals surface area contributed by atoms with E-state index >= 15 is 0 Å². The quantitative estimate of drug-likeness (QED) is 0.825. The molecule has 5 heteroatoms. The predicted octanol–water partition coefficient (Wildman–Crippen LogP) is 0.928. The van der Waals surface area contributed by atoms with Gasteiger partial charge in [-0.2, -0.15) is 4.98 Å². The number of ether oxygens (including phenoxy) is 1. The SMILES string of the molecule is CC(C)(N)Cc1nc(CC2CCOC2)no1. The van der Waals surface area contributed by atoms with Crippen LogP contribution in [0.5, 0.6) is 0 Å². The monoisotopic (exact) mass is 225 g/mol. The van der Waals surface area contributed by atoms with Crippen LogP contribution in [0.1, 0.15) is 32.0 Å². The number of nitrogens with two attached hydrogens (primary N) is 1. The van der Waals surface area contributed by atoms with E-state index in [9.17, 15) is 0 Å². The first-order valence-electron chi connectivity index (χ1n) is 5.71. The second-order valence-electron chi connectivity index (χ2n) is 5.20. The normalized spacial score (nSPS) is 21.6. The van der Waals surface area contributed by atoms with Gasteiger partial charge in [0.15, 0.2) is 5.82 Å². The van der Waals surface area contributed by atoms with E-state index in [0.717, 1.165) is 31.9 Å².